The van der Waals surface area contributed by atoms with Crippen LogP contribution in [0.4, 0.5) is 0 Å². The first kappa shape index (κ1) is 10.6. The first-order valence-corrected chi connectivity index (χ1v) is 5.66. The maximum atomic E-state index is 6.14. The van der Waals surface area contributed by atoms with Crippen LogP contribution < -0.4 is 11.5 Å². The van der Waals surface area contributed by atoms with Crippen molar-refractivity contribution in [3.63, 3.8) is 0 Å². The van der Waals surface area contributed by atoms with Crippen LogP contribution in [0.25, 0.3) is 0 Å². The van der Waals surface area contributed by atoms with E-state index in [0.29, 0.717) is 0 Å². The second kappa shape index (κ2) is 3.91. The maximum absolute atomic E-state index is 6.14. The van der Waals surface area contributed by atoms with Crippen molar-refractivity contribution >= 4 is 0 Å². The highest BCUT2D eigenvalue weighted by molar-refractivity contribution is 5.28. The molecule has 1 aromatic heterocycles. The summed E-state index contributed by atoms with van der Waals surface area (Å²) < 4.78 is 0. The molecule has 1 aliphatic rings. The Labute approximate surface area is 90.9 Å². The molecule has 2 rings (SSSR count). The van der Waals surface area contributed by atoms with Gasteiger partial charge in [0, 0.05) is 17.8 Å². The summed E-state index contributed by atoms with van der Waals surface area (Å²) in [5, 5.41) is 0. The van der Waals surface area contributed by atoms with Crippen LogP contribution >= 0.6 is 0 Å². The van der Waals surface area contributed by atoms with Crippen LogP contribution in [0.2, 0.25) is 0 Å². The summed E-state index contributed by atoms with van der Waals surface area (Å²) in [6, 6.07) is 4.13. The molecule has 0 bridgehead atoms. The van der Waals surface area contributed by atoms with Gasteiger partial charge in [-0.05, 0) is 37.3 Å². The van der Waals surface area contributed by atoms with Gasteiger partial charge in [0.15, 0.2) is 0 Å². The molecule has 0 saturated carbocycles. The van der Waals surface area contributed by atoms with E-state index in [0.717, 1.165) is 25.0 Å². The lowest BCUT2D eigenvalue weighted by Gasteiger charge is -2.36. The molecule has 1 aromatic rings. The van der Waals surface area contributed by atoms with Crippen molar-refractivity contribution in [2.75, 3.05) is 0 Å². The van der Waals surface area contributed by atoms with Gasteiger partial charge < -0.3 is 11.5 Å². The minimum Gasteiger partial charge on any atom is -0.313 e. The monoisotopic (exact) mass is 205 g/mol. The van der Waals surface area contributed by atoms with E-state index in [1.165, 1.54) is 12.0 Å². The molecule has 0 aliphatic heterocycles. The van der Waals surface area contributed by atoms with E-state index in [4.69, 9.17) is 11.5 Å². The number of aryl methyl sites for hydroxylation is 1. The van der Waals surface area contributed by atoms with Crippen molar-refractivity contribution in [3.8, 4) is 0 Å². The molecule has 0 spiro atoms. The van der Waals surface area contributed by atoms with E-state index in [1.54, 1.807) is 0 Å². The Morgan fingerprint density at radius 1 is 1.53 bits per heavy atom. The Balaban J connectivity index is 2.38. The number of hydrogen-bond acceptors (Lipinski definition) is 3. The van der Waals surface area contributed by atoms with Crippen LogP contribution in [0.3, 0.4) is 0 Å². The number of rotatable bonds is 2. The smallest absolute Gasteiger partial charge is 0.0719 e. The number of nitrogens with zero attached hydrogens (tertiary/aromatic N) is 1. The second-order valence-corrected chi connectivity index (χ2v) is 4.46. The molecule has 3 heteroatoms. The number of fused-ring (bicyclic) bond motifs is 1. The maximum Gasteiger partial charge on any atom is 0.0719 e. The molecule has 0 fully saturated rings. The van der Waals surface area contributed by atoms with Crippen molar-refractivity contribution in [1.29, 1.82) is 0 Å². The molecule has 1 atom stereocenters. The van der Waals surface area contributed by atoms with Gasteiger partial charge in [-0.2, -0.15) is 0 Å². The Bertz CT molecular complexity index is 346. The van der Waals surface area contributed by atoms with Gasteiger partial charge in [-0.25, -0.2) is 0 Å². The fraction of sp³-hybridized carbons (Fsp3) is 0.583. The van der Waals surface area contributed by atoms with Crippen molar-refractivity contribution in [2.45, 2.75) is 44.2 Å². The molecule has 0 amide bonds. The molecule has 0 radical (unpaired) electrons. The first-order valence-electron chi connectivity index (χ1n) is 5.66. The van der Waals surface area contributed by atoms with Crippen molar-refractivity contribution in [2.24, 2.45) is 11.5 Å². The second-order valence-electron chi connectivity index (χ2n) is 4.46. The van der Waals surface area contributed by atoms with Gasteiger partial charge in [0.05, 0.1) is 5.66 Å². The minimum absolute atomic E-state index is 0.215. The topological polar surface area (TPSA) is 64.9 Å². The third-order valence-electron chi connectivity index (χ3n) is 3.46. The summed E-state index contributed by atoms with van der Waals surface area (Å²) in [4.78, 5) is 4.45. The van der Waals surface area contributed by atoms with Gasteiger partial charge in [0.25, 0.3) is 0 Å². The lowest BCUT2D eigenvalue weighted by atomic mass is 9.78. The fourth-order valence-electron chi connectivity index (χ4n) is 2.38. The molecule has 0 saturated heterocycles. The van der Waals surface area contributed by atoms with Crippen LogP contribution in [-0.4, -0.2) is 10.6 Å². The molecule has 15 heavy (non-hydrogen) atoms. The van der Waals surface area contributed by atoms with Crippen LogP contribution in [0.5, 0.6) is 0 Å². The molecule has 1 heterocycles. The largest absolute Gasteiger partial charge is 0.313 e. The summed E-state index contributed by atoms with van der Waals surface area (Å²) in [7, 11) is 0. The van der Waals surface area contributed by atoms with E-state index < -0.39 is 5.66 Å². The zero-order chi connectivity index (χ0) is 10.9. The van der Waals surface area contributed by atoms with E-state index in [1.807, 2.05) is 19.2 Å². The molecule has 1 unspecified atom stereocenters. The van der Waals surface area contributed by atoms with E-state index in [9.17, 15) is 0 Å². The van der Waals surface area contributed by atoms with Crippen LogP contribution in [0, 0.1) is 0 Å². The van der Waals surface area contributed by atoms with Crippen molar-refractivity contribution in [1.82, 2.24) is 4.98 Å². The highest BCUT2D eigenvalue weighted by Crippen LogP contribution is 2.35. The van der Waals surface area contributed by atoms with E-state index >= 15 is 0 Å². The highest BCUT2D eigenvalue weighted by Gasteiger charge is 2.34. The van der Waals surface area contributed by atoms with Crippen molar-refractivity contribution in [3.05, 3.63) is 29.6 Å². The summed E-state index contributed by atoms with van der Waals surface area (Å²) >= 11 is 0. The minimum atomic E-state index is -0.608. The number of pyridine rings is 1. The number of hydrogen-bond donors (Lipinski definition) is 2. The fourth-order valence-corrected chi connectivity index (χ4v) is 2.38. The predicted octanol–water partition coefficient (Wildman–Crippen LogP) is 1.53. The lowest BCUT2D eigenvalue weighted by molar-refractivity contribution is 0.307. The van der Waals surface area contributed by atoms with Gasteiger partial charge in [0.2, 0.25) is 0 Å². The molecular weight excluding hydrogens is 186 g/mol. The van der Waals surface area contributed by atoms with Crippen molar-refractivity contribution < 1.29 is 0 Å². The summed E-state index contributed by atoms with van der Waals surface area (Å²) in [6.45, 7) is 2.04. The Kier molecular flexibility index (Phi) is 2.76. The summed E-state index contributed by atoms with van der Waals surface area (Å²) in [5.74, 6) is 0.215. The Morgan fingerprint density at radius 3 is 3.07 bits per heavy atom. The number of aromatic nitrogens is 1. The van der Waals surface area contributed by atoms with Gasteiger partial charge in [-0.3, -0.25) is 4.98 Å². The first-order chi connectivity index (χ1) is 7.15. The Hall–Kier alpha value is -0.930. The van der Waals surface area contributed by atoms with Gasteiger partial charge in [-0.15, -0.1) is 0 Å². The lowest BCUT2D eigenvalue weighted by Crippen LogP contribution is -2.54. The van der Waals surface area contributed by atoms with E-state index in [2.05, 4.69) is 11.1 Å². The quantitative estimate of drug-likeness (QED) is 0.719. The molecule has 82 valence electrons. The SMILES string of the molecule is CCC(N)(N)C1CCCc2cccnc21. The zero-order valence-electron chi connectivity index (χ0n) is 9.24. The number of nitrogens with two attached hydrogens (primary N) is 2. The average Bonchev–Trinajstić information content (AvgIpc) is 2.28. The molecular formula is C12H19N3. The highest BCUT2D eigenvalue weighted by atomic mass is 15.0. The normalized spacial score (nSPS) is 21.1. The standard InChI is InChI=1S/C12H19N3/c1-2-12(13,14)10-7-3-5-9-6-4-8-15-11(9)10/h4,6,8,10H,2-3,5,7,13-14H2,1H3. The van der Waals surface area contributed by atoms with Crippen LogP contribution in [0.15, 0.2) is 18.3 Å². The van der Waals surface area contributed by atoms with Crippen LogP contribution in [-0.2, 0) is 6.42 Å². The van der Waals surface area contributed by atoms with Gasteiger partial charge in [-0.1, -0.05) is 13.0 Å². The Morgan fingerprint density at radius 2 is 2.33 bits per heavy atom. The molecule has 1 aliphatic carbocycles. The predicted molar refractivity (Wildman–Crippen MR) is 61.3 cm³/mol. The van der Waals surface area contributed by atoms with Crippen LogP contribution in [0.1, 0.15) is 43.4 Å². The van der Waals surface area contributed by atoms with E-state index in [-0.39, 0.29) is 5.92 Å². The summed E-state index contributed by atoms with van der Waals surface area (Å²) in [5.41, 5.74) is 14.1. The summed E-state index contributed by atoms with van der Waals surface area (Å²) in [6.07, 6.45) is 5.96. The third kappa shape index (κ3) is 1.90. The third-order valence-corrected chi connectivity index (χ3v) is 3.46. The average molecular weight is 205 g/mol. The zero-order valence-corrected chi connectivity index (χ0v) is 9.24. The molecule has 4 N–H and O–H groups in total. The molecule has 0 aromatic carbocycles. The molecule has 3 nitrogen and oxygen atoms in total. The van der Waals surface area contributed by atoms with Gasteiger partial charge in [0.1, 0.15) is 0 Å². The van der Waals surface area contributed by atoms with Gasteiger partial charge >= 0.3 is 0 Å².